The standard InChI is InChI=1S/C39H38N6O7/c1-39(2,22-4-9-27(10-5-22)51-21-25-16-17-41-34(43-25)36(48)40-3)23-6-11-28(12-7-23)52-29-18-26(19-29)42-24-8-13-30-31(20-24)38(50)45(37(30)49)32-14-15-33(46)44-35(32)47/h4-13,16-17,20,26,29,32,42H,14-15,18-19,21H2,1-3H3,(H,40,48)(H,44,46,47)/t26-,29-,32?. The highest BCUT2D eigenvalue weighted by Crippen LogP contribution is 2.36. The zero-order valence-electron chi connectivity index (χ0n) is 29.0. The molecule has 266 valence electrons. The first kappa shape index (κ1) is 34.3. The van der Waals surface area contributed by atoms with Crippen molar-refractivity contribution < 1.29 is 33.4 Å². The van der Waals surface area contributed by atoms with Crippen LogP contribution >= 0.6 is 0 Å². The van der Waals surface area contributed by atoms with Gasteiger partial charge in [0.2, 0.25) is 17.6 Å². The minimum absolute atomic E-state index is 0.0299. The van der Waals surface area contributed by atoms with Crippen LogP contribution in [0.1, 0.15) is 87.7 Å². The lowest BCUT2D eigenvalue weighted by Crippen LogP contribution is -2.54. The molecule has 7 rings (SSSR count). The van der Waals surface area contributed by atoms with E-state index in [-0.39, 0.29) is 59.9 Å². The van der Waals surface area contributed by atoms with Gasteiger partial charge in [0.1, 0.15) is 30.3 Å². The Bertz CT molecular complexity index is 2060. The normalized spacial score (nSPS) is 19.8. The van der Waals surface area contributed by atoms with Crippen LogP contribution < -0.4 is 25.4 Å². The number of carbonyl (C=O) groups excluding carboxylic acids is 5. The molecule has 1 atom stereocenters. The van der Waals surface area contributed by atoms with Gasteiger partial charge in [0.15, 0.2) is 0 Å². The quantitative estimate of drug-likeness (QED) is 0.193. The lowest BCUT2D eigenvalue weighted by molar-refractivity contribution is -0.136. The van der Waals surface area contributed by atoms with Gasteiger partial charge in [0.05, 0.1) is 16.8 Å². The zero-order chi connectivity index (χ0) is 36.6. The van der Waals surface area contributed by atoms with E-state index < -0.39 is 29.7 Å². The highest BCUT2D eigenvalue weighted by Gasteiger charge is 2.45. The van der Waals surface area contributed by atoms with E-state index in [4.69, 9.17) is 9.47 Å². The summed E-state index contributed by atoms with van der Waals surface area (Å²) in [5, 5.41) is 8.16. The summed E-state index contributed by atoms with van der Waals surface area (Å²) in [6.07, 6.45) is 3.29. The van der Waals surface area contributed by atoms with Crippen LogP contribution in [0.4, 0.5) is 5.69 Å². The second-order valence-corrected chi connectivity index (χ2v) is 13.7. The number of benzene rings is 3. The predicted octanol–water partition coefficient (Wildman–Crippen LogP) is 4.16. The molecule has 5 amide bonds. The number of anilines is 1. The van der Waals surface area contributed by atoms with E-state index in [1.54, 1.807) is 24.3 Å². The summed E-state index contributed by atoms with van der Waals surface area (Å²) < 4.78 is 12.2. The van der Waals surface area contributed by atoms with Gasteiger partial charge in [-0.15, -0.1) is 0 Å². The number of imide groups is 2. The lowest BCUT2D eigenvalue weighted by Gasteiger charge is -2.36. The molecule has 3 aliphatic rings. The zero-order valence-corrected chi connectivity index (χ0v) is 29.0. The van der Waals surface area contributed by atoms with Gasteiger partial charge in [0.25, 0.3) is 17.7 Å². The Morgan fingerprint density at radius 2 is 1.58 bits per heavy atom. The van der Waals surface area contributed by atoms with Crippen LogP contribution in [0.2, 0.25) is 0 Å². The first-order valence-electron chi connectivity index (χ1n) is 17.2. The maximum Gasteiger partial charge on any atom is 0.288 e. The molecule has 1 saturated carbocycles. The Hall–Kier alpha value is -6.11. The summed E-state index contributed by atoms with van der Waals surface area (Å²) in [4.78, 5) is 71.1. The average Bonchev–Trinajstić information content (AvgIpc) is 3.38. The lowest BCUT2D eigenvalue weighted by atomic mass is 9.78. The fourth-order valence-corrected chi connectivity index (χ4v) is 6.71. The number of hydrogen-bond donors (Lipinski definition) is 3. The number of piperidine rings is 1. The molecule has 0 spiro atoms. The number of rotatable bonds is 11. The van der Waals surface area contributed by atoms with E-state index in [9.17, 15) is 24.0 Å². The van der Waals surface area contributed by atoms with Gasteiger partial charge in [-0.05, 0) is 66.1 Å². The highest BCUT2D eigenvalue weighted by atomic mass is 16.5. The fourth-order valence-electron chi connectivity index (χ4n) is 6.71. The molecule has 52 heavy (non-hydrogen) atoms. The third kappa shape index (κ3) is 6.81. The van der Waals surface area contributed by atoms with E-state index in [1.165, 1.54) is 13.2 Å². The molecule has 2 aliphatic heterocycles. The third-order valence-corrected chi connectivity index (χ3v) is 9.89. The Morgan fingerprint density at radius 1 is 0.904 bits per heavy atom. The van der Waals surface area contributed by atoms with E-state index in [0.29, 0.717) is 17.1 Å². The second kappa shape index (κ2) is 13.9. The van der Waals surface area contributed by atoms with Crippen molar-refractivity contribution in [2.75, 3.05) is 12.4 Å². The molecule has 13 heteroatoms. The van der Waals surface area contributed by atoms with Crippen molar-refractivity contribution >= 4 is 35.2 Å². The first-order chi connectivity index (χ1) is 25.0. The summed E-state index contributed by atoms with van der Waals surface area (Å²) >= 11 is 0. The van der Waals surface area contributed by atoms with Gasteiger partial charge in [-0.25, -0.2) is 9.97 Å². The van der Waals surface area contributed by atoms with Crippen LogP contribution in [0.25, 0.3) is 0 Å². The van der Waals surface area contributed by atoms with Crippen molar-refractivity contribution in [1.82, 2.24) is 25.5 Å². The molecule has 3 heterocycles. The van der Waals surface area contributed by atoms with Crippen molar-refractivity contribution in [1.29, 1.82) is 0 Å². The summed E-state index contributed by atoms with van der Waals surface area (Å²) in [7, 11) is 1.53. The number of amides is 5. The number of fused-ring (bicyclic) bond motifs is 1. The number of nitrogens with zero attached hydrogens (tertiary/aromatic N) is 3. The molecule has 13 nitrogen and oxygen atoms in total. The highest BCUT2D eigenvalue weighted by molar-refractivity contribution is 6.23. The number of hydrogen-bond acceptors (Lipinski definition) is 10. The molecule has 1 unspecified atom stereocenters. The van der Waals surface area contributed by atoms with Crippen LogP contribution in [-0.2, 0) is 21.6 Å². The van der Waals surface area contributed by atoms with E-state index >= 15 is 0 Å². The Morgan fingerprint density at radius 3 is 2.25 bits per heavy atom. The van der Waals surface area contributed by atoms with Gasteiger partial charge in [0, 0.05) is 49.7 Å². The maximum absolute atomic E-state index is 13.2. The number of carbonyl (C=O) groups is 5. The molecular formula is C39H38N6O7. The summed E-state index contributed by atoms with van der Waals surface area (Å²) in [5.74, 6) is -0.867. The topological polar surface area (TPSA) is 169 Å². The van der Waals surface area contributed by atoms with Crippen LogP contribution in [0.5, 0.6) is 11.5 Å². The van der Waals surface area contributed by atoms with Crippen LogP contribution in [0.15, 0.2) is 79.0 Å². The molecule has 1 saturated heterocycles. The monoisotopic (exact) mass is 702 g/mol. The predicted molar refractivity (Wildman–Crippen MR) is 189 cm³/mol. The molecule has 0 bridgehead atoms. The minimum Gasteiger partial charge on any atom is -0.490 e. The molecule has 3 aromatic carbocycles. The molecule has 1 aliphatic carbocycles. The molecular weight excluding hydrogens is 664 g/mol. The van der Waals surface area contributed by atoms with Crippen molar-refractivity contribution in [3.8, 4) is 11.5 Å². The van der Waals surface area contributed by atoms with Crippen molar-refractivity contribution in [2.24, 2.45) is 0 Å². The number of nitrogens with one attached hydrogen (secondary N) is 3. The van der Waals surface area contributed by atoms with Crippen molar-refractivity contribution in [3.05, 3.63) is 113 Å². The van der Waals surface area contributed by atoms with Crippen LogP contribution in [-0.4, -0.2) is 69.6 Å². The summed E-state index contributed by atoms with van der Waals surface area (Å²) in [6.45, 7) is 4.53. The Labute approximate surface area is 300 Å². The summed E-state index contributed by atoms with van der Waals surface area (Å²) in [5.41, 5.74) is 3.78. The van der Waals surface area contributed by atoms with E-state index in [0.717, 1.165) is 34.6 Å². The van der Waals surface area contributed by atoms with Crippen LogP contribution in [0, 0.1) is 0 Å². The largest absolute Gasteiger partial charge is 0.490 e. The number of ether oxygens (including phenoxy) is 2. The molecule has 2 fully saturated rings. The Kier molecular flexibility index (Phi) is 9.18. The molecule has 3 N–H and O–H groups in total. The van der Waals surface area contributed by atoms with Crippen molar-refractivity contribution in [2.45, 2.75) is 69.7 Å². The van der Waals surface area contributed by atoms with E-state index in [2.05, 4.69) is 51.9 Å². The van der Waals surface area contributed by atoms with Gasteiger partial charge in [-0.3, -0.25) is 34.2 Å². The fraction of sp³-hybridized carbons (Fsp3) is 0.308. The smallest absolute Gasteiger partial charge is 0.288 e. The minimum atomic E-state index is -0.992. The maximum atomic E-state index is 13.2. The number of aromatic nitrogens is 2. The van der Waals surface area contributed by atoms with E-state index in [1.807, 2.05) is 36.4 Å². The van der Waals surface area contributed by atoms with Crippen LogP contribution in [0.3, 0.4) is 0 Å². The molecule has 1 aromatic heterocycles. The first-order valence-corrected chi connectivity index (χ1v) is 17.2. The summed E-state index contributed by atoms with van der Waals surface area (Å²) in [6, 6.07) is 21.9. The Balaban J connectivity index is 0.898. The molecule has 0 radical (unpaired) electrons. The van der Waals surface area contributed by atoms with Gasteiger partial charge in [-0.1, -0.05) is 38.1 Å². The van der Waals surface area contributed by atoms with Crippen molar-refractivity contribution in [3.63, 3.8) is 0 Å². The van der Waals surface area contributed by atoms with Gasteiger partial charge >= 0.3 is 0 Å². The average molecular weight is 703 g/mol. The van der Waals surface area contributed by atoms with Gasteiger partial charge < -0.3 is 20.1 Å². The third-order valence-electron chi connectivity index (χ3n) is 9.89. The second-order valence-electron chi connectivity index (χ2n) is 13.7. The SMILES string of the molecule is CNC(=O)c1nccc(COc2ccc(C(C)(C)c3ccc(O[C@H]4C[C@H](Nc5ccc6c(c5)C(=O)N(C5CCC(=O)NC5=O)C6=O)C4)cc3)cc2)n1. The van der Waals surface area contributed by atoms with Gasteiger partial charge in [-0.2, -0.15) is 0 Å². The molecule has 4 aromatic rings.